The maximum atomic E-state index is 6.09. The van der Waals surface area contributed by atoms with E-state index in [-0.39, 0.29) is 0 Å². The third kappa shape index (κ3) is 3.29. The van der Waals surface area contributed by atoms with Gasteiger partial charge in [0, 0.05) is 19.1 Å². The fourth-order valence-electron chi connectivity index (χ4n) is 2.50. The van der Waals surface area contributed by atoms with Crippen molar-refractivity contribution in [3.63, 3.8) is 0 Å². The molecule has 4 heteroatoms. The van der Waals surface area contributed by atoms with Crippen LogP contribution in [0, 0.1) is 5.92 Å². The van der Waals surface area contributed by atoms with Gasteiger partial charge in [0.25, 0.3) is 0 Å². The summed E-state index contributed by atoms with van der Waals surface area (Å²) in [7, 11) is 2.19. The molecule has 0 radical (unpaired) electrons. The van der Waals surface area contributed by atoms with Gasteiger partial charge in [-0.15, -0.1) is 11.3 Å². The van der Waals surface area contributed by atoms with Gasteiger partial charge in [-0.3, -0.25) is 0 Å². The molecule has 1 fully saturated rings. The van der Waals surface area contributed by atoms with E-state index >= 15 is 0 Å². The highest BCUT2D eigenvalue weighted by Gasteiger charge is 2.24. The van der Waals surface area contributed by atoms with Gasteiger partial charge in [0.15, 0.2) is 0 Å². The van der Waals surface area contributed by atoms with Crippen molar-refractivity contribution >= 4 is 27.3 Å². The van der Waals surface area contributed by atoms with E-state index in [0.717, 1.165) is 13.1 Å². The first-order chi connectivity index (χ1) is 7.65. The largest absolute Gasteiger partial charge is 0.327 e. The van der Waals surface area contributed by atoms with Gasteiger partial charge in [-0.1, -0.05) is 6.42 Å². The van der Waals surface area contributed by atoms with Gasteiger partial charge in [0.1, 0.15) is 0 Å². The van der Waals surface area contributed by atoms with Crippen LogP contribution in [0.25, 0.3) is 0 Å². The summed E-state index contributed by atoms with van der Waals surface area (Å²) in [4.78, 5) is 2.39. The molecular weight excluding hydrogens is 284 g/mol. The summed E-state index contributed by atoms with van der Waals surface area (Å²) in [6, 6.07) is 2.63. The zero-order chi connectivity index (χ0) is 11.5. The highest BCUT2D eigenvalue weighted by molar-refractivity contribution is 9.11. The number of thiophene rings is 1. The van der Waals surface area contributed by atoms with Gasteiger partial charge >= 0.3 is 0 Å². The molecule has 0 saturated heterocycles. The van der Waals surface area contributed by atoms with Crippen LogP contribution in [0.15, 0.2) is 15.2 Å². The van der Waals surface area contributed by atoms with Crippen molar-refractivity contribution in [3.8, 4) is 0 Å². The lowest BCUT2D eigenvalue weighted by Crippen LogP contribution is -2.33. The van der Waals surface area contributed by atoms with Crippen molar-refractivity contribution in [1.82, 2.24) is 4.90 Å². The minimum atomic E-state index is 0.427. The van der Waals surface area contributed by atoms with Crippen LogP contribution < -0.4 is 5.73 Å². The van der Waals surface area contributed by atoms with Crippen molar-refractivity contribution < 1.29 is 0 Å². The number of rotatable bonds is 4. The van der Waals surface area contributed by atoms with E-state index < -0.39 is 0 Å². The summed E-state index contributed by atoms with van der Waals surface area (Å²) in [6.45, 7) is 2.17. The highest BCUT2D eigenvalue weighted by atomic mass is 79.9. The smallest absolute Gasteiger partial charge is 0.0701 e. The van der Waals surface area contributed by atoms with Crippen LogP contribution >= 0.6 is 27.3 Å². The Bertz CT molecular complexity index is 340. The maximum absolute atomic E-state index is 6.09. The number of hydrogen-bond acceptors (Lipinski definition) is 3. The van der Waals surface area contributed by atoms with E-state index in [1.807, 2.05) is 0 Å². The van der Waals surface area contributed by atoms with E-state index in [9.17, 15) is 0 Å². The summed E-state index contributed by atoms with van der Waals surface area (Å²) < 4.78 is 1.22. The highest BCUT2D eigenvalue weighted by Crippen LogP contribution is 2.26. The molecule has 0 spiro atoms. The fourth-order valence-corrected chi connectivity index (χ4v) is 3.70. The van der Waals surface area contributed by atoms with E-state index in [1.165, 1.54) is 28.6 Å². The normalized spacial score (nSPS) is 25.5. The number of nitrogens with zero attached hydrogens (tertiary/aromatic N) is 1. The standard InChI is InChI=1S/C12H19BrN2S/c1-15(6-9-5-12(13)16-8-9)7-10-3-2-4-11(10)14/h5,8,10-11H,2-4,6-7,14H2,1H3. The molecule has 0 bridgehead atoms. The topological polar surface area (TPSA) is 29.3 Å². The molecule has 90 valence electrons. The Morgan fingerprint density at radius 1 is 1.56 bits per heavy atom. The Morgan fingerprint density at radius 2 is 2.38 bits per heavy atom. The Kier molecular flexibility index (Phi) is 4.41. The van der Waals surface area contributed by atoms with Crippen LogP contribution in [-0.4, -0.2) is 24.5 Å². The first-order valence-electron chi connectivity index (χ1n) is 5.82. The first-order valence-corrected chi connectivity index (χ1v) is 7.49. The summed E-state index contributed by atoms with van der Waals surface area (Å²) in [5.41, 5.74) is 7.49. The van der Waals surface area contributed by atoms with E-state index in [4.69, 9.17) is 5.73 Å². The van der Waals surface area contributed by atoms with Crippen molar-refractivity contribution in [2.24, 2.45) is 11.7 Å². The van der Waals surface area contributed by atoms with Gasteiger partial charge in [0.2, 0.25) is 0 Å². The molecule has 0 aliphatic heterocycles. The lowest BCUT2D eigenvalue weighted by atomic mass is 10.0. The average Bonchev–Trinajstić information content (AvgIpc) is 2.77. The quantitative estimate of drug-likeness (QED) is 0.926. The van der Waals surface area contributed by atoms with Crippen molar-refractivity contribution in [2.75, 3.05) is 13.6 Å². The second-order valence-electron chi connectivity index (χ2n) is 4.81. The van der Waals surface area contributed by atoms with Crippen molar-refractivity contribution in [1.29, 1.82) is 0 Å². The van der Waals surface area contributed by atoms with Crippen molar-refractivity contribution in [2.45, 2.75) is 31.8 Å². The third-order valence-electron chi connectivity index (χ3n) is 3.34. The molecule has 1 heterocycles. The average molecular weight is 303 g/mol. The van der Waals surface area contributed by atoms with Gasteiger partial charge in [0.05, 0.1) is 3.79 Å². The summed E-state index contributed by atoms with van der Waals surface area (Å²) in [6.07, 6.45) is 3.82. The minimum Gasteiger partial charge on any atom is -0.327 e. The molecule has 1 aliphatic rings. The Labute approximate surface area is 110 Å². The zero-order valence-corrected chi connectivity index (χ0v) is 12.1. The fraction of sp³-hybridized carbons (Fsp3) is 0.667. The molecule has 2 nitrogen and oxygen atoms in total. The molecule has 1 aromatic rings. The molecule has 1 saturated carbocycles. The van der Waals surface area contributed by atoms with Crippen molar-refractivity contribution in [3.05, 3.63) is 20.8 Å². The summed E-state index contributed by atoms with van der Waals surface area (Å²) >= 11 is 5.25. The predicted molar refractivity (Wildman–Crippen MR) is 73.7 cm³/mol. The second-order valence-corrected chi connectivity index (χ2v) is 7.10. The Morgan fingerprint density at radius 3 is 2.94 bits per heavy atom. The van der Waals surface area contributed by atoms with Crippen LogP contribution in [0.1, 0.15) is 24.8 Å². The minimum absolute atomic E-state index is 0.427. The van der Waals surface area contributed by atoms with Crippen LogP contribution in [-0.2, 0) is 6.54 Å². The molecular formula is C12H19BrN2S. The van der Waals surface area contributed by atoms with E-state index in [1.54, 1.807) is 11.3 Å². The van der Waals surface area contributed by atoms with Crippen LogP contribution in [0.2, 0.25) is 0 Å². The molecule has 2 atom stereocenters. The summed E-state index contributed by atoms with van der Waals surface area (Å²) in [5.74, 6) is 0.701. The summed E-state index contributed by atoms with van der Waals surface area (Å²) in [5, 5.41) is 2.22. The van der Waals surface area contributed by atoms with Crippen LogP contribution in [0.4, 0.5) is 0 Å². The van der Waals surface area contributed by atoms with Gasteiger partial charge in [-0.25, -0.2) is 0 Å². The first kappa shape index (κ1) is 12.6. The van der Waals surface area contributed by atoms with Gasteiger partial charge < -0.3 is 10.6 Å². The molecule has 0 aromatic carbocycles. The lowest BCUT2D eigenvalue weighted by Gasteiger charge is -2.23. The zero-order valence-electron chi connectivity index (χ0n) is 9.66. The third-order valence-corrected chi connectivity index (χ3v) is 4.89. The van der Waals surface area contributed by atoms with E-state index in [2.05, 4.69) is 39.3 Å². The van der Waals surface area contributed by atoms with Crippen LogP contribution in [0.3, 0.4) is 0 Å². The Balaban J connectivity index is 1.82. The lowest BCUT2D eigenvalue weighted by molar-refractivity contribution is 0.259. The predicted octanol–water partition coefficient (Wildman–Crippen LogP) is 3.07. The number of halogens is 1. The Hall–Kier alpha value is 0.1000. The van der Waals surface area contributed by atoms with Gasteiger partial charge in [-0.05, 0) is 58.7 Å². The van der Waals surface area contributed by atoms with Gasteiger partial charge in [-0.2, -0.15) is 0 Å². The molecule has 0 amide bonds. The molecule has 2 rings (SSSR count). The number of hydrogen-bond donors (Lipinski definition) is 1. The molecule has 2 N–H and O–H groups in total. The molecule has 16 heavy (non-hydrogen) atoms. The maximum Gasteiger partial charge on any atom is 0.0701 e. The molecule has 1 aromatic heterocycles. The molecule has 2 unspecified atom stereocenters. The van der Waals surface area contributed by atoms with Crippen LogP contribution in [0.5, 0.6) is 0 Å². The second kappa shape index (κ2) is 5.63. The SMILES string of the molecule is CN(Cc1csc(Br)c1)CC1CCCC1N. The monoisotopic (exact) mass is 302 g/mol. The molecule has 1 aliphatic carbocycles. The van der Waals surface area contributed by atoms with E-state index in [0.29, 0.717) is 12.0 Å². The number of nitrogens with two attached hydrogens (primary N) is 1.